The van der Waals surface area contributed by atoms with Crippen LogP contribution in [0.1, 0.15) is 12.0 Å². The first-order valence-corrected chi connectivity index (χ1v) is 5.56. The number of nitrogens with one attached hydrogen (secondary N) is 1. The van der Waals surface area contributed by atoms with E-state index < -0.39 is 18.6 Å². The molecular weight excluding hydrogens is 318 g/mol. The van der Waals surface area contributed by atoms with Gasteiger partial charge in [-0.25, -0.2) is 16.7 Å². The summed E-state index contributed by atoms with van der Waals surface area (Å²) < 4.78 is 40.8. The zero-order valence-corrected chi connectivity index (χ0v) is 10.0. The summed E-state index contributed by atoms with van der Waals surface area (Å²) in [7, 11) is 0. The number of hydrogen-bond acceptors (Lipinski definition) is 1. The van der Waals surface area contributed by atoms with Crippen molar-refractivity contribution in [2.24, 2.45) is 0 Å². The molecule has 0 heterocycles. The van der Waals surface area contributed by atoms with E-state index in [1.54, 1.807) is 24.3 Å². The first-order valence-electron chi connectivity index (χ1n) is 4.48. The highest BCUT2D eigenvalue weighted by molar-refractivity contribution is 14.1. The molecule has 0 aromatic heterocycles. The van der Waals surface area contributed by atoms with Gasteiger partial charge in [0.1, 0.15) is 0 Å². The summed E-state index contributed by atoms with van der Waals surface area (Å²) in [6, 6.07) is 8.86. The molecule has 1 aromatic carbocycles. The molecule has 1 aromatic rings. The van der Waals surface area contributed by atoms with Crippen LogP contribution in [-0.4, -0.2) is 12.2 Å². The maximum atomic E-state index is 13.1. The SMILES string of the molecule is FC(NI)C(F)(F)CCc1ccccc1. The van der Waals surface area contributed by atoms with Crippen molar-refractivity contribution < 1.29 is 13.2 Å². The highest BCUT2D eigenvalue weighted by atomic mass is 127. The highest BCUT2D eigenvalue weighted by Crippen LogP contribution is 2.26. The zero-order valence-electron chi connectivity index (χ0n) is 7.89. The third-order valence-electron chi connectivity index (χ3n) is 2.06. The lowest BCUT2D eigenvalue weighted by Gasteiger charge is -2.19. The molecule has 0 saturated carbocycles. The Morgan fingerprint density at radius 3 is 2.40 bits per heavy atom. The first kappa shape index (κ1) is 12.8. The molecule has 0 amide bonds. The van der Waals surface area contributed by atoms with Crippen molar-refractivity contribution in [2.45, 2.75) is 25.1 Å². The van der Waals surface area contributed by atoms with Crippen LogP contribution in [0, 0.1) is 0 Å². The molecule has 1 N–H and O–H groups in total. The highest BCUT2D eigenvalue weighted by Gasteiger charge is 2.38. The van der Waals surface area contributed by atoms with Crippen molar-refractivity contribution in [3.63, 3.8) is 0 Å². The Morgan fingerprint density at radius 2 is 1.87 bits per heavy atom. The molecule has 0 saturated heterocycles. The average molecular weight is 329 g/mol. The molecule has 5 heteroatoms. The van der Waals surface area contributed by atoms with E-state index >= 15 is 0 Å². The second-order valence-corrected chi connectivity index (χ2v) is 3.84. The van der Waals surface area contributed by atoms with E-state index in [1.807, 2.05) is 9.60 Å². The zero-order chi connectivity index (χ0) is 11.3. The van der Waals surface area contributed by atoms with Crippen molar-refractivity contribution >= 4 is 22.9 Å². The normalized spacial score (nSPS) is 13.9. The van der Waals surface area contributed by atoms with Crippen LogP contribution in [0.15, 0.2) is 30.3 Å². The molecule has 0 radical (unpaired) electrons. The van der Waals surface area contributed by atoms with Gasteiger partial charge in [0, 0.05) is 29.3 Å². The molecule has 1 unspecified atom stereocenters. The van der Waals surface area contributed by atoms with Gasteiger partial charge in [0.25, 0.3) is 5.92 Å². The number of alkyl halides is 3. The minimum absolute atomic E-state index is 0.173. The van der Waals surface area contributed by atoms with Gasteiger partial charge in [-0.05, 0) is 12.0 Å². The Labute approximate surface area is 101 Å². The topological polar surface area (TPSA) is 12.0 Å². The second kappa shape index (κ2) is 5.69. The van der Waals surface area contributed by atoms with Gasteiger partial charge >= 0.3 is 0 Å². The fraction of sp³-hybridized carbons (Fsp3) is 0.400. The predicted octanol–water partition coefficient (Wildman–Crippen LogP) is 3.49. The Balaban J connectivity index is 2.49. The van der Waals surface area contributed by atoms with Crippen molar-refractivity contribution in [2.75, 3.05) is 0 Å². The fourth-order valence-electron chi connectivity index (χ4n) is 1.16. The minimum atomic E-state index is -3.32. The maximum Gasteiger partial charge on any atom is 0.292 e. The number of rotatable bonds is 5. The van der Waals surface area contributed by atoms with Gasteiger partial charge in [-0.1, -0.05) is 30.3 Å². The summed E-state index contributed by atoms with van der Waals surface area (Å²) in [5.41, 5.74) is 0.790. The van der Waals surface area contributed by atoms with Gasteiger partial charge in [-0.2, -0.15) is 0 Å². The van der Waals surface area contributed by atoms with Gasteiger partial charge in [-0.3, -0.25) is 0 Å². The minimum Gasteiger partial charge on any atom is -0.225 e. The van der Waals surface area contributed by atoms with Crippen LogP contribution in [0.25, 0.3) is 0 Å². The average Bonchev–Trinajstić information content (AvgIpc) is 2.27. The Kier molecular flexibility index (Phi) is 4.85. The maximum absolute atomic E-state index is 13.1. The van der Waals surface area contributed by atoms with E-state index in [2.05, 4.69) is 0 Å². The van der Waals surface area contributed by atoms with Gasteiger partial charge < -0.3 is 0 Å². The molecular formula is C10H11F3IN. The lowest BCUT2D eigenvalue weighted by molar-refractivity contribution is -0.0793. The van der Waals surface area contributed by atoms with Crippen LogP contribution >= 0.6 is 22.9 Å². The molecule has 1 atom stereocenters. The molecule has 0 spiro atoms. The summed E-state index contributed by atoms with van der Waals surface area (Å²) in [6.07, 6.45) is -2.61. The number of aryl methyl sites for hydroxylation is 1. The molecule has 0 fully saturated rings. The van der Waals surface area contributed by atoms with Crippen molar-refractivity contribution in [3.05, 3.63) is 35.9 Å². The molecule has 0 aliphatic heterocycles. The van der Waals surface area contributed by atoms with Crippen LogP contribution in [-0.2, 0) is 6.42 Å². The van der Waals surface area contributed by atoms with E-state index in [-0.39, 0.29) is 6.42 Å². The van der Waals surface area contributed by atoms with Crippen LogP contribution < -0.4 is 3.53 Å². The molecule has 84 valence electrons. The lowest BCUT2D eigenvalue weighted by Crippen LogP contribution is -2.37. The van der Waals surface area contributed by atoms with Crippen LogP contribution in [0.3, 0.4) is 0 Å². The summed E-state index contributed by atoms with van der Waals surface area (Å²) in [6.45, 7) is 0. The van der Waals surface area contributed by atoms with Gasteiger partial charge in [0.2, 0.25) is 6.30 Å². The smallest absolute Gasteiger partial charge is 0.225 e. The first-order chi connectivity index (χ1) is 7.06. The molecule has 0 bridgehead atoms. The third kappa shape index (κ3) is 3.98. The van der Waals surface area contributed by atoms with Crippen LogP contribution in [0.4, 0.5) is 13.2 Å². The Morgan fingerprint density at radius 1 is 1.27 bits per heavy atom. The standard InChI is InChI=1S/C10H11F3IN/c11-9(15-14)10(12,13)7-6-8-4-2-1-3-5-8/h1-5,9,15H,6-7H2. The largest absolute Gasteiger partial charge is 0.292 e. The Hall–Kier alpha value is -0.300. The number of halogens is 4. The van der Waals surface area contributed by atoms with Gasteiger partial charge in [0.05, 0.1) is 0 Å². The summed E-state index contributed by atoms with van der Waals surface area (Å²) >= 11 is 1.39. The summed E-state index contributed by atoms with van der Waals surface area (Å²) in [5.74, 6) is -3.32. The molecule has 1 nitrogen and oxygen atoms in total. The lowest BCUT2D eigenvalue weighted by atomic mass is 10.1. The van der Waals surface area contributed by atoms with Crippen molar-refractivity contribution in [1.29, 1.82) is 0 Å². The summed E-state index contributed by atoms with van der Waals surface area (Å²) in [4.78, 5) is 0. The number of hydrogen-bond donors (Lipinski definition) is 1. The fourth-order valence-corrected chi connectivity index (χ4v) is 1.62. The Bertz CT molecular complexity index is 292. The second-order valence-electron chi connectivity index (χ2n) is 3.22. The molecule has 0 aliphatic carbocycles. The van der Waals surface area contributed by atoms with Crippen molar-refractivity contribution in [3.8, 4) is 0 Å². The van der Waals surface area contributed by atoms with E-state index in [1.165, 1.54) is 22.9 Å². The van der Waals surface area contributed by atoms with E-state index in [4.69, 9.17) is 0 Å². The molecule has 0 aliphatic rings. The van der Waals surface area contributed by atoms with Gasteiger partial charge in [0.15, 0.2) is 0 Å². The predicted molar refractivity (Wildman–Crippen MR) is 61.8 cm³/mol. The monoisotopic (exact) mass is 329 g/mol. The molecule has 15 heavy (non-hydrogen) atoms. The van der Waals surface area contributed by atoms with E-state index in [9.17, 15) is 13.2 Å². The quantitative estimate of drug-likeness (QED) is 0.495. The number of benzene rings is 1. The molecule has 1 rings (SSSR count). The van der Waals surface area contributed by atoms with E-state index in [0.29, 0.717) is 0 Å². The van der Waals surface area contributed by atoms with E-state index in [0.717, 1.165) is 5.56 Å². The van der Waals surface area contributed by atoms with Crippen LogP contribution in [0.5, 0.6) is 0 Å². The van der Waals surface area contributed by atoms with Crippen LogP contribution in [0.2, 0.25) is 0 Å². The van der Waals surface area contributed by atoms with Gasteiger partial charge in [-0.15, -0.1) is 0 Å². The van der Waals surface area contributed by atoms with Crippen molar-refractivity contribution in [1.82, 2.24) is 3.53 Å². The summed E-state index contributed by atoms with van der Waals surface area (Å²) in [5, 5.41) is 0. The third-order valence-corrected chi connectivity index (χ3v) is 2.60.